The van der Waals surface area contributed by atoms with Crippen molar-refractivity contribution < 1.29 is 22.8 Å². The second-order valence-corrected chi connectivity index (χ2v) is 5.72. The Morgan fingerprint density at radius 3 is 2.41 bits per heavy atom. The fourth-order valence-corrected chi connectivity index (χ4v) is 2.44. The van der Waals surface area contributed by atoms with Crippen molar-refractivity contribution in [2.24, 2.45) is 0 Å². The first kappa shape index (κ1) is 19.9. The summed E-state index contributed by atoms with van der Waals surface area (Å²) in [5, 5.41) is 16.5. The van der Waals surface area contributed by atoms with Gasteiger partial charge in [-0.3, -0.25) is 10.1 Å². The van der Waals surface area contributed by atoms with Gasteiger partial charge in [0.15, 0.2) is 0 Å². The summed E-state index contributed by atoms with van der Waals surface area (Å²) in [5.74, 6) is 0.203. The minimum atomic E-state index is -4.80. The Morgan fingerprint density at radius 1 is 1.07 bits per heavy atom. The molecule has 0 aliphatic rings. The van der Waals surface area contributed by atoms with Crippen LogP contribution in [-0.4, -0.2) is 28.3 Å². The van der Waals surface area contributed by atoms with Crippen LogP contribution in [0.15, 0.2) is 54.6 Å². The standard InChI is InChI=1S/C18H14F3N5O3/c1-22-17-24-15(11-3-2-4-14(9-11)29-18(19,20)21)10-16(25-17)23-12-5-7-13(8-6-12)26(27)28/h2-10H,1H3,(H2,22,23,24,25). The number of halogens is 3. The van der Waals surface area contributed by atoms with Gasteiger partial charge >= 0.3 is 6.36 Å². The van der Waals surface area contributed by atoms with Crippen LogP contribution in [0, 0.1) is 10.1 Å². The predicted molar refractivity (Wildman–Crippen MR) is 100 cm³/mol. The molecule has 3 aromatic rings. The van der Waals surface area contributed by atoms with Crippen molar-refractivity contribution in [1.82, 2.24) is 9.97 Å². The summed E-state index contributed by atoms with van der Waals surface area (Å²) in [6.07, 6.45) is -4.80. The second kappa shape index (κ2) is 8.00. The van der Waals surface area contributed by atoms with E-state index in [1.807, 2.05) is 0 Å². The van der Waals surface area contributed by atoms with Crippen LogP contribution < -0.4 is 15.4 Å². The molecule has 0 amide bonds. The molecule has 0 saturated heterocycles. The average molecular weight is 405 g/mol. The molecule has 2 N–H and O–H groups in total. The van der Waals surface area contributed by atoms with E-state index in [0.717, 1.165) is 0 Å². The lowest BCUT2D eigenvalue weighted by atomic mass is 10.1. The number of aromatic nitrogens is 2. The summed E-state index contributed by atoms with van der Waals surface area (Å²) in [6.45, 7) is 0. The molecule has 1 heterocycles. The number of rotatable bonds is 6. The van der Waals surface area contributed by atoms with Crippen LogP contribution in [-0.2, 0) is 0 Å². The van der Waals surface area contributed by atoms with E-state index in [-0.39, 0.29) is 17.4 Å². The highest BCUT2D eigenvalue weighted by Gasteiger charge is 2.31. The number of ether oxygens (including phenoxy) is 1. The summed E-state index contributed by atoms with van der Waals surface area (Å²) in [4.78, 5) is 18.7. The Balaban J connectivity index is 1.91. The molecule has 0 atom stereocenters. The molecule has 0 fully saturated rings. The van der Waals surface area contributed by atoms with Gasteiger partial charge in [0.1, 0.15) is 11.6 Å². The van der Waals surface area contributed by atoms with E-state index in [0.29, 0.717) is 22.8 Å². The Hall–Kier alpha value is -3.89. The highest BCUT2D eigenvalue weighted by atomic mass is 19.4. The quantitative estimate of drug-likeness (QED) is 0.451. The zero-order valence-corrected chi connectivity index (χ0v) is 14.9. The van der Waals surface area contributed by atoms with Crippen molar-refractivity contribution in [3.63, 3.8) is 0 Å². The summed E-state index contributed by atoms with van der Waals surface area (Å²) in [5.41, 5.74) is 1.21. The van der Waals surface area contributed by atoms with Gasteiger partial charge in [-0.15, -0.1) is 13.2 Å². The number of alkyl halides is 3. The number of nitro groups is 1. The number of hydrogen-bond acceptors (Lipinski definition) is 7. The number of benzene rings is 2. The third-order valence-corrected chi connectivity index (χ3v) is 3.66. The molecule has 0 spiro atoms. The molecule has 2 aromatic carbocycles. The highest BCUT2D eigenvalue weighted by molar-refractivity contribution is 5.68. The number of nitrogens with zero attached hydrogens (tertiary/aromatic N) is 3. The third-order valence-electron chi connectivity index (χ3n) is 3.66. The van der Waals surface area contributed by atoms with Crippen LogP contribution in [0.5, 0.6) is 5.75 Å². The molecule has 0 unspecified atom stereocenters. The maximum Gasteiger partial charge on any atom is 0.573 e. The minimum absolute atomic E-state index is 0.0590. The van der Waals surface area contributed by atoms with Gasteiger partial charge in [-0.1, -0.05) is 12.1 Å². The SMILES string of the molecule is CNc1nc(Nc2ccc([N+](=O)[O-])cc2)cc(-c2cccc(OC(F)(F)F)c2)n1. The highest BCUT2D eigenvalue weighted by Crippen LogP contribution is 2.29. The van der Waals surface area contributed by atoms with E-state index in [9.17, 15) is 23.3 Å². The van der Waals surface area contributed by atoms with E-state index in [4.69, 9.17) is 0 Å². The lowest BCUT2D eigenvalue weighted by Crippen LogP contribution is -2.17. The number of nitrogens with one attached hydrogen (secondary N) is 2. The maximum atomic E-state index is 12.5. The van der Waals surface area contributed by atoms with Gasteiger partial charge in [-0.25, -0.2) is 4.98 Å². The van der Waals surface area contributed by atoms with Crippen LogP contribution in [0.3, 0.4) is 0 Å². The fourth-order valence-electron chi connectivity index (χ4n) is 2.44. The fraction of sp³-hybridized carbons (Fsp3) is 0.111. The van der Waals surface area contributed by atoms with E-state index < -0.39 is 11.3 Å². The largest absolute Gasteiger partial charge is 0.573 e. The van der Waals surface area contributed by atoms with E-state index in [2.05, 4.69) is 25.3 Å². The minimum Gasteiger partial charge on any atom is -0.406 e. The molecule has 0 bridgehead atoms. The molecule has 11 heteroatoms. The van der Waals surface area contributed by atoms with Gasteiger partial charge in [0.05, 0.1) is 10.6 Å². The van der Waals surface area contributed by atoms with Crippen LogP contribution in [0.2, 0.25) is 0 Å². The second-order valence-electron chi connectivity index (χ2n) is 5.72. The van der Waals surface area contributed by atoms with Crippen molar-refractivity contribution in [2.75, 3.05) is 17.7 Å². The summed E-state index contributed by atoms with van der Waals surface area (Å²) >= 11 is 0. The Morgan fingerprint density at radius 2 is 1.79 bits per heavy atom. The van der Waals surface area contributed by atoms with Gasteiger partial charge in [-0.2, -0.15) is 4.98 Å². The zero-order chi connectivity index (χ0) is 21.0. The Kier molecular flexibility index (Phi) is 5.48. The van der Waals surface area contributed by atoms with Crippen LogP contribution in [0.25, 0.3) is 11.3 Å². The number of nitro benzene ring substituents is 1. The first-order valence-electron chi connectivity index (χ1n) is 8.18. The van der Waals surface area contributed by atoms with Crippen molar-refractivity contribution in [3.05, 3.63) is 64.7 Å². The molecule has 0 radical (unpaired) electrons. The normalized spacial score (nSPS) is 11.0. The van der Waals surface area contributed by atoms with E-state index in [1.54, 1.807) is 13.1 Å². The van der Waals surface area contributed by atoms with Gasteiger partial charge in [0.2, 0.25) is 5.95 Å². The topological polar surface area (TPSA) is 102 Å². The number of hydrogen-bond donors (Lipinski definition) is 2. The maximum absolute atomic E-state index is 12.5. The predicted octanol–water partition coefficient (Wildman–Crippen LogP) is 4.74. The van der Waals surface area contributed by atoms with Gasteiger partial charge in [0.25, 0.3) is 5.69 Å². The Labute approximate surface area is 162 Å². The number of non-ortho nitro benzene ring substituents is 1. The molecule has 0 saturated carbocycles. The molecule has 0 aliphatic carbocycles. The van der Waals surface area contributed by atoms with Crippen LogP contribution in [0.4, 0.5) is 36.3 Å². The summed E-state index contributed by atoms with van der Waals surface area (Å²) < 4.78 is 41.4. The van der Waals surface area contributed by atoms with Crippen LogP contribution >= 0.6 is 0 Å². The van der Waals surface area contributed by atoms with E-state index >= 15 is 0 Å². The monoisotopic (exact) mass is 405 g/mol. The summed E-state index contributed by atoms with van der Waals surface area (Å²) in [6, 6.07) is 12.6. The molecule has 1 aromatic heterocycles. The lowest BCUT2D eigenvalue weighted by molar-refractivity contribution is -0.384. The average Bonchev–Trinajstić information content (AvgIpc) is 2.67. The van der Waals surface area contributed by atoms with Gasteiger partial charge in [0, 0.05) is 36.5 Å². The van der Waals surface area contributed by atoms with Crippen molar-refractivity contribution in [1.29, 1.82) is 0 Å². The van der Waals surface area contributed by atoms with Crippen molar-refractivity contribution in [2.45, 2.75) is 6.36 Å². The smallest absolute Gasteiger partial charge is 0.406 e. The number of anilines is 3. The van der Waals surface area contributed by atoms with Crippen molar-refractivity contribution >= 4 is 23.1 Å². The molecule has 8 nitrogen and oxygen atoms in total. The molecule has 29 heavy (non-hydrogen) atoms. The lowest BCUT2D eigenvalue weighted by Gasteiger charge is -2.12. The first-order chi connectivity index (χ1) is 13.7. The van der Waals surface area contributed by atoms with E-state index in [1.165, 1.54) is 48.5 Å². The van der Waals surface area contributed by atoms with Crippen LogP contribution in [0.1, 0.15) is 0 Å². The van der Waals surface area contributed by atoms with Gasteiger partial charge < -0.3 is 15.4 Å². The molecular weight excluding hydrogens is 391 g/mol. The summed E-state index contributed by atoms with van der Waals surface area (Å²) in [7, 11) is 1.60. The zero-order valence-electron chi connectivity index (χ0n) is 14.9. The molecule has 3 rings (SSSR count). The van der Waals surface area contributed by atoms with Gasteiger partial charge in [-0.05, 0) is 24.3 Å². The first-order valence-corrected chi connectivity index (χ1v) is 8.18. The van der Waals surface area contributed by atoms with Crippen molar-refractivity contribution in [3.8, 4) is 17.0 Å². The Bertz CT molecular complexity index is 1030. The molecule has 150 valence electrons. The third kappa shape index (κ3) is 5.31. The molecule has 0 aliphatic heterocycles. The molecular formula is C18H14F3N5O3.